The Balaban J connectivity index is 0.00000364. The van der Waals surface area contributed by atoms with Gasteiger partial charge in [-0.25, -0.2) is 4.99 Å². The molecule has 0 spiro atoms. The van der Waals surface area contributed by atoms with Crippen molar-refractivity contribution in [1.82, 2.24) is 25.4 Å². The number of methoxy groups -OCH3 is 1. The van der Waals surface area contributed by atoms with Gasteiger partial charge in [-0.1, -0.05) is 38.5 Å². The van der Waals surface area contributed by atoms with Crippen molar-refractivity contribution in [3.63, 3.8) is 0 Å². The third kappa shape index (κ3) is 9.23. The van der Waals surface area contributed by atoms with Crippen molar-refractivity contribution < 1.29 is 4.74 Å². The van der Waals surface area contributed by atoms with Crippen LogP contribution in [0.15, 0.2) is 4.99 Å². The molecule has 0 amide bonds. The Hall–Kier alpha value is -0.900. The first-order chi connectivity index (χ1) is 12.7. The van der Waals surface area contributed by atoms with E-state index in [9.17, 15) is 0 Å². The number of aromatic nitrogens is 3. The van der Waals surface area contributed by atoms with Crippen LogP contribution in [0.3, 0.4) is 0 Å². The Morgan fingerprint density at radius 2 is 1.85 bits per heavy atom. The molecule has 156 valence electrons. The average molecular weight is 492 g/mol. The molecule has 1 aliphatic rings. The van der Waals surface area contributed by atoms with Crippen LogP contribution < -0.4 is 10.6 Å². The van der Waals surface area contributed by atoms with Gasteiger partial charge in [-0.2, -0.15) is 0 Å². The Morgan fingerprint density at radius 3 is 2.48 bits per heavy atom. The van der Waals surface area contributed by atoms with Crippen LogP contribution in [0.5, 0.6) is 0 Å². The molecule has 2 N–H and O–H groups in total. The van der Waals surface area contributed by atoms with Crippen LogP contribution in [0.1, 0.15) is 63.0 Å². The van der Waals surface area contributed by atoms with Gasteiger partial charge in [0.25, 0.3) is 0 Å². The highest BCUT2D eigenvalue weighted by Crippen LogP contribution is 2.28. The normalized spacial score (nSPS) is 15.0. The minimum absolute atomic E-state index is 0. The summed E-state index contributed by atoms with van der Waals surface area (Å²) in [4.78, 5) is 4.67. The summed E-state index contributed by atoms with van der Waals surface area (Å²) in [6, 6.07) is 0. The van der Waals surface area contributed by atoms with E-state index < -0.39 is 0 Å². The van der Waals surface area contributed by atoms with Crippen LogP contribution in [-0.4, -0.2) is 47.5 Å². The summed E-state index contributed by atoms with van der Waals surface area (Å²) >= 11 is 0. The molecule has 1 saturated carbocycles. The zero-order chi connectivity index (χ0) is 18.6. The monoisotopic (exact) mass is 492 g/mol. The molecule has 0 aliphatic heterocycles. The second kappa shape index (κ2) is 14.1. The third-order valence-electron chi connectivity index (χ3n) is 5.19. The van der Waals surface area contributed by atoms with Crippen LogP contribution in [0.2, 0.25) is 0 Å². The van der Waals surface area contributed by atoms with Crippen LogP contribution in [-0.2, 0) is 18.3 Å². The van der Waals surface area contributed by atoms with E-state index in [0.717, 1.165) is 49.6 Å². The van der Waals surface area contributed by atoms with Crippen LogP contribution in [0.4, 0.5) is 0 Å². The van der Waals surface area contributed by atoms with Crippen molar-refractivity contribution in [2.75, 3.05) is 26.8 Å². The average Bonchev–Trinajstić information content (AvgIpc) is 3.27. The SMILES string of the molecule is COCCCNC(=NCc1nnc(C)n1C)NCCCCC1CCCC1.I. The van der Waals surface area contributed by atoms with Gasteiger partial charge in [0.1, 0.15) is 12.4 Å². The van der Waals surface area contributed by atoms with Crippen molar-refractivity contribution in [1.29, 1.82) is 0 Å². The summed E-state index contributed by atoms with van der Waals surface area (Å²) in [5.41, 5.74) is 0. The molecule has 1 heterocycles. The van der Waals surface area contributed by atoms with Gasteiger partial charge in [-0.05, 0) is 25.7 Å². The van der Waals surface area contributed by atoms with Crippen LogP contribution in [0.25, 0.3) is 0 Å². The summed E-state index contributed by atoms with van der Waals surface area (Å²) in [6.45, 7) is 5.04. The molecule has 8 heteroatoms. The smallest absolute Gasteiger partial charge is 0.191 e. The molecule has 1 aromatic rings. The highest BCUT2D eigenvalue weighted by Gasteiger charge is 2.13. The van der Waals surface area contributed by atoms with Crippen molar-refractivity contribution in [3.05, 3.63) is 11.6 Å². The highest BCUT2D eigenvalue weighted by molar-refractivity contribution is 14.0. The predicted octanol–water partition coefficient (Wildman–Crippen LogP) is 3.17. The maximum atomic E-state index is 5.11. The molecule has 1 fully saturated rings. The topological polar surface area (TPSA) is 76.4 Å². The van der Waals surface area contributed by atoms with Crippen molar-refractivity contribution >= 4 is 29.9 Å². The van der Waals surface area contributed by atoms with E-state index in [-0.39, 0.29) is 24.0 Å². The molecule has 0 unspecified atom stereocenters. The number of nitrogens with zero attached hydrogens (tertiary/aromatic N) is 4. The maximum absolute atomic E-state index is 5.11. The summed E-state index contributed by atoms with van der Waals surface area (Å²) in [5.74, 6) is 3.61. The Kier molecular flexibility index (Phi) is 12.6. The fourth-order valence-corrected chi connectivity index (χ4v) is 3.40. The van der Waals surface area contributed by atoms with Gasteiger partial charge >= 0.3 is 0 Å². The molecule has 27 heavy (non-hydrogen) atoms. The van der Waals surface area contributed by atoms with Gasteiger partial charge in [-0.3, -0.25) is 0 Å². The lowest BCUT2D eigenvalue weighted by Gasteiger charge is -2.13. The number of guanidine groups is 1. The Labute approximate surface area is 181 Å². The molecule has 0 bridgehead atoms. The molecule has 1 aliphatic carbocycles. The fourth-order valence-electron chi connectivity index (χ4n) is 3.40. The number of hydrogen-bond donors (Lipinski definition) is 2. The van der Waals surface area contributed by atoms with Gasteiger partial charge in [0.05, 0.1) is 0 Å². The van der Waals surface area contributed by atoms with Crippen LogP contribution in [0, 0.1) is 12.8 Å². The lowest BCUT2D eigenvalue weighted by atomic mass is 10.0. The molecule has 7 nitrogen and oxygen atoms in total. The minimum Gasteiger partial charge on any atom is -0.385 e. The van der Waals surface area contributed by atoms with Gasteiger partial charge in [0, 0.05) is 33.9 Å². The molecule has 0 radical (unpaired) electrons. The van der Waals surface area contributed by atoms with E-state index in [4.69, 9.17) is 4.74 Å². The van der Waals surface area contributed by atoms with Crippen molar-refractivity contribution in [2.24, 2.45) is 18.0 Å². The Morgan fingerprint density at radius 1 is 1.15 bits per heavy atom. The lowest BCUT2D eigenvalue weighted by molar-refractivity contribution is 0.195. The molecular weight excluding hydrogens is 455 g/mol. The molecule has 0 saturated heterocycles. The fraction of sp³-hybridized carbons (Fsp3) is 0.842. The largest absolute Gasteiger partial charge is 0.385 e. The third-order valence-corrected chi connectivity index (χ3v) is 5.19. The molecule has 0 atom stereocenters. The Bertz CT molecular complexity index is 542. The van der Waals surface area contributed by atoms with Gasteiger partial charge in [-0.15, -0.1) is 34.2 Å². The standard InChI is InChI=1S/C19H36N6O.HI/c1-16-23-24-18(25(16)2)15-22-19(21-13-8-14-26-3)20-12-7-6-11-17-9-4-5-10-17;/h17H,4-15H2,1-3H3,(H2,20,21,22);1H. The van der Waals surface area contributed by atoms with E-state index in [2.05, 4.69) is 25.8 Å². The van der Waals surface area contributed by atoms with Gasteiger partial charge in [0.2, 0.25) is 0 Å². The first-order valence-electron chi connectivity index (χ1n) is 10.1. The molecular formula is C19H37IN6O. The number of aliphatic imine (C=N–C) groups is 1. The van der Waals surface area contributed by atoms with E-state index in [1.54, 1.807) is 7.11 Å². The maximum Gasteiger partial charge on any atom is 0.191 e. The minimum atomic E-state index is 0. The summed E-state index contributed by atoms with van der Waals surface area (Å²) < 4.78 is 7.09. The number of unbranched alkanes of at least 4 members (excludes halogenated alkanes) is 1. The second-order valence-corrected chi connectivity index (χ2v) is 7.23. The molecule has 1 aromatic heterocycles. The van der Waals surface area contributed by atoms with E-state index in [1.807, 2.05) is 18.5 Å². The second-order valence-electron chi connectivity index (χ2n) is 7.23. The van der Waals surface area contributed by atoms with E-state index in [1.165, 1.54) is 44.9 Å². The zero-order valence-electron chi connectivity index (χ0n) is 17.2. The first-order valence-corrected chi connectivity index (χ1v) is 10.1. The van der Waals surface area contributed by atoms with Crippen LogP contribution >= 0.6 is 24.0 Å². The highest BCUT2D eigenvalue weighted by atomic mass is 127. The first kappa shape index (κ1) is 24.1. The predicted molar refractivity (Wildman–Crippen MR) is 121 cm³/mol. The van der Waals surface area contributed by atoms with Crippen molar-refractivity contribution in [2.45, 2.75) is 64.8 Å². The number of ether oxygens (including phenoxy) is 1. The van der Waals surface area contributed by atoms with Crippen molar-refractivity contribution in [3.8, 4) is 0 Å². The van der Waals surface area contributed by atoms with Gasteiger partial charge < -0.3 is 19.9 Å². The van der Waals surface area contributed by atoms with Gasteiger partial charge in [0.15, 0.2) is 11.8 Å². The lowest BCUT2D eigenvalue weighted by Crippen LogP contribution is -2.38. The number of rotatable bonds is 11. The summed E-state index contributed by atoms with van der Waals surface area (Å²) in [6.07, 6.45) is 10.6. The zero-order valence-corrected chi connectivity index (χ0v) is 19.5. The molecule has 2 rings (SSSR count). The number of hydrogen-bond acceptors (Lipinski definition) is 4. The van der Waals surface area contributed by atoms with E-state index in [0.29, 0.717) is 6.54 Å². The number of aryl methyl sites for hydroxylation is 1. The number of halogens is 1. The number of nitrogens with one attached hydrogen (secondary N) is 2. The summed E-state index contributed by atoms with van der Waals surface area (Å²) in [5, 5.41) is 15.1. The quantitative estimate of drug-likeness (QED) is 0.215. The molecule has 0 aromatic carbocycles. The van der Waals surface area contributed by atoms with E-state index >= 15 is 0 Å². The summed E-state index contributed by atoms with van der Waals surface area (Å²) in [7, 11) is 3.70.